The molecule has 94 valence electrons. The van der Waals surface area contributed by atoms with Gasteiger partial charge in [0.05, 0.1) is 0 Å². The zero-order valence-electron chi connectivity index (χ0n) is 10.7. The van der Waals surface area contributed by atoms with Gasteiger partial charge in [0, 0.05) is 12.6 Å². The van der Waals surface area contributed by atoms with Crippen LogP contribution in [0.3, 0.4) is 0 Å². The van der Waals surface area contributed by atoms with Crippen molar-refractivity contribution in [2.75, 3.05) is 0 Å². The van der Waals surface area contributed by atoms with E-state index in [0.29, 0.717) is 6.04 Å². The van der Waals surface area contributed by atoms with Crippen molar-refractivity contribution in [2.45, 2.75) is 38.3 Å². The van der Waals surface area contributed by atoms with Gasteiger partial charge in [0.1, 0.15) is 0 Å². The molecule has 1 fully saturated rings. The van der Waals surface area contributed by atoms with Crippen LogP contribution in [0.2, 0.25) is 0 Å². The van der Waals surface area contributed by atoms with Crippen molar-refractivity contribution in [3.8, 4) is 0 Å². The highest BCUT2D eigenvalue weighted by molar-refractivity contribution is 7.08. The molecule has 0 saturated heterocycles. The standard InChI is InChI=1S/C16H19NS/c1-12-10-18-11-15(12)9-17-16-7-14(8-16)13-5-3-2-4-6-13/h2-6,10-11,14,16-17H,7-9H2,1H3. The predicted octanol–water partition coefficient (Wildman–Crippen LogP) is 4.09. The molecule has 0 spiro atoms. The molecule has 0 amide bonds. The Morgan fingerprint density at radius 2 is 1.94 bits per heavy atom. The van der Waals surface area contributed by atoms with Gasteiger partial charge in [-0.2, -0.15) is 11.3 Å². The quantitative estimate of drug-likeness (QED) is 0.870. The topological polar surface area (TPSA) is 12.0 Å². The van der Waals surface area contributed by atoms with Crippen LogP contribution < -0.4 is 5.32 Å². The molecule has 1 nitrogen and oxygen atoms in total. The van der Waals surface area contributed by atoms with Crippen LogP contribution in [0.1, 0.15) is 35.4 Å². The lowest BCUT2D eigenvalue weighted by Crippen LogP contribution is -2.39. The molecule has 0 unspecified atom stereocenters. The van der Waals surface area contributed by atoms with Gasteiger partial charge in [-0.25, -0.2) is 0 Å². The molecule has 1 N–H and O–H groups in total. The zero-order valence-corrected chi connectivity index (χ0v) is 11.5. The Hall–Kier alpha value is -1.12. The molecule has 0 radical (unpaired) electrons. The number of rotatable bonds is 4. The van der Waals surface area contributed by atoms with Crippen LogP contribution in [0.15, 0.2) is 41.1 Å². The maximum Gasteiger partial charge on any atom is 0.0218 e. The number of benzene rings is 1. The highest BCUT2D eigenvalue weighted by Crippen LogP contribution is 2.36. The minimum absolute atomic E-state index is 0.703. The van der Waals surface area contributed by atoms with Gasteiger partial charge in [-0.15, -0.1) is 0 Å². The summed E-state index contributed by atoms with van der Waals surface area (Å²) in [6, 6.07) is 11.6. The summed E-state index contributed by atoms with van der Waals surface area (Å²) in [4.78, 5) is 0. The number of aryl methyl sites for hydroxylation is 1. The smallest absolute Gasteiger partial charge is 0.0218 e. The van der Waals surface area contributed by atoms with Gasteiger partial charge in [0.25, 0.3) is 0 Å². The molecular formula is C16H19NS. The third-order valence-electron chi connectivity index (χ3n) is 3.95. The molecule has 0 atom stereocenters. The minimum Gasteiger partial charge on any atom is -0.310 e. The van der Waals surface area contributed by atoms with Gasteiger partial charge in [0.2, 0.25) is 0 Å². The first kappa shape index (κ1) is 11.9. The molecule has 1 aliphatic carbocycles. The van der Waals surface area contributed by atoms with Crippen LogP contribution in [-0.4, -0.2) is 6.04 Å². The fraction of sp³-hybridized carbons (Fsp3) is 0.375. The summed E-state index contributed by atoms with van der Waals surface area (Å²) in [5, 5.41) is 8.16. The first-order chi connectivity index (χ1) is 8.83. The van der Waals surface area contributed by atoms with E-state index in [0.717, 1.165) is 12.5 Å². The number of nitrogens with one attached hydrogen (secondary N) is 1. The van der Waals surface area contributed by atoms with E-state index in [1.54, 1.807) is 11.3 Å². The van der Waals surface area contributed by atoms with E-state index in [2.05, 4.69) is 53.3 Å². The fourth-order valence-electron chi connectivity index (χ4n) is 2.60. The lowest BCUT2D eigenvalue weighted by atomic mass is 9.76. The Labute approximate surface area is 113 Å². The highest BCUT2D eigenvalue weighted by atomic mass is 32.1. The second kappa shape index (κ2) is 5.25. The summed E-state index contributed by atoms with van der Waals surface area (Å²) in [5.41, 5.74) is 4.39. The Morgan fingerprint density at radius 3 is 2.61 bits per heavy atom. The monoisotopic (exact) mass is 257 g/mol. The van der Waals surface area contributed by atoms with Gasteiger partial charge in [-0.1, -0.05) is 30.3 Å². The van der Waals surface area contributed by atoms with Crippen molar-refractivity contribution < 1.29 is 0 Å². The van der Waals surface area contributed by atoms with Gasteiger partial charge in [-0.05, 0) is 53.1 Å². The van der Waals surface area contributed by atoms with E-state index >= 15 is 0 Å². The molecule has 1 aromatic heterocycles. The molecule has 1 aliphatic rings. The molecule has 2 heteroatoms. The van der Waals surface area contributed by atoms with E-state index < -0.39 is 0 Å². The van der Waals surface area contributed by atoms with Crippen LogP contribution in [0.4, 0.5) is 0 Å². The summed E-state index contributed by atoms with van der Waals surface area (Å²) in [6.45, 7) is 3.22. The fourth-order valence-corrected chi connectivity index (χ4v) is 3.46. The van der Waals surface area contributed by atoms with E-state index in [4.69, 9.17) is 0 Å². The van der Waals surface area contributed by atoms with Crippen LogP contribution in [-0.2, 0) is 6.54 Å². The second-order valence-electron chi connectivity index (χ2n) is 5.24. The van der Waals surface area contributed by atoms with Crippen molar-refractivity contribution in [1.82, 2.24) is 5.32 Å². The number of hydrogen-bond donors (Lipinski definition) is 1. The molecule has 1 aromatic carbocycles. The van der Waals surface area contributed by atoms with Gasteiger partial charge in [0.15, 0.2) is 0 Å². The zero-order chi connectivity index (χ0) is 12.4. The van der Waals surface area contributed by atoms with E-state index in [1.807, 2.05) is 0 Å². The second-order valence-corrected chi connectivity index (χ2v) is 5.98. The van der Waals surface area contributed by atoms with E-state index in [1.165, 1.54) is 29.5 Å². The largest absolute Gasteiger partial charge is 0.310 e. The molecule has 18 heavy (non-hydrogen) atoms. The molecule has 2 aromatic rings. The number of thiophene rings is 1. The van der Waals surface area contributed by atoms with Crippen LogP contribution >= 0.6 is 11.3 Å². The molecule has 3 rings (SSSR count). The summed E-state index contributed by atoms with van der Waals surface area (Å²) in [5.74, 6) is 0.771. The van der Waals surface area contributed by atoms with Crippen molar-refractivity contribution in [2.24, 2.45) is 0 Å². The maximum atomic E-state index is 3.67. The number of hydrogen-bond acceptors (Lipinski definition) is 2. The Morgan fingerprint density at radius 1 is 1.17 bits per heavy atom. The predicted molar refractivity (Wildman–Crippen MR) is 78.1 cm³/mol. The third kappa shape index (κ3) is 2.50. The summed E-state index contributed by atoms with van der Waals surface area (Å²) >= 11 is 1.80. The van der Waals surface area contributed by atoms with Gasteiger partial charge < -0.3 is 5.32 Å². The lowest BCUT2D eigenvalue weighted by molar-refractivity contribution is 0.289. The molecular weight excluding hydrogens is 238 g/mol. The van der Waals surface area contributed by atoms with Gasteiger partial charge >= 0.3 is 0 Å². The van der Waals surface area contributed by atoms with Crippen molar-refractivity contribution >= 4 is 11.3 Å². The summed E-state index contributed by atoms with van der Waals surface area (Å²) < 4.78 is 0. The molecule has 1 heterocycles. The van der Waals surface area contributed by atoms with Crippen LogP contribution in [0, 0.1) is 6.92 Å². The highest BCUT2D eigenvalue weighted by Gasteiger charge is 2.29. The van der Waals surface area contributed by atoms with Crippen molar-refractivity contribution in [3.05, 3.63) is 57.8 Å². The van der Waals surface area contributed by atoms with Crippen LogP contribution in [0.25, 0.3) is 0 Å². The molecule has 0 bridgehead atoms. The first-order valence-electron chi connectivity index (χ1n) is 6.63. The van der Waals surface area contributed by atoms with Crippen molar-refractivity contribution in [3.63, 3.8) is 0 Å². The summed E-state index contributed by atoms with van der Waals surface area (Å²) in [7, 11) is 0. The van der Waals surface area contributed by atoms with Crippen LogP contribution in [0.5, 0.6) is 0 Å². The third-order valence-corrected chi connectivity index (χ3v) is 4.86. The molecule has 1 saturated carbocycles. The van der Waals surface area contributed by atoms with E-state index in [9.17, 15) is 0 Å². The average molecular weight is 257 g/mol. The Balaban J connectivity index is 1.47. The average Bonchev–Trinajstić information content (AvgIpc) is 2.74. The minimum atomic E-state index is 0.703. The lowest BCUT2D eigenvalue weighted by Gasteiger charge is -2.36. The molecule has 0 aliphatic heterocycles. The Kier molecular flexibility index (Phi) is 3.48. The van der Waals surface area contributed by atoms with Gasteiger partial charge in [-0.3, -0.25) is 0 Å². The Bertz CT molecular complexity index is 497. The SMILES string of the molecule is Cc1cscc1CNC1CC(c2ccccc2)C1. The van der Waals surface area contributed by atoms with E-state index in [-0.39, 0.29) is 0 Å². The summed E-state index contributed by atoms with van der Waals surface area (Å²) in [6.07, 6.45) is 2.57. The van der Waals surface area contributed by atoms with Crippen molar-refractivity contribution in [1.29, 1.82) is 0 Å². The first-order valence-corrected chi connectivity index (χ1v) is 7.57. The maximum absolute atomic E-state index is 3.67. The normalized spacial score (nSPS) is 22.7.